The topological polar surface area (TPSA) is 80.0 Å². The fourth-order valence-electron chi connectivity index (χ4n) is 1.12. The Hall–Kier alpha value is -1.51. The standard InChI is InChI=1S/C9H13F3N4OS/c1-2-14-8-16-6(13)5(18-8)7(17)15-4-3-9(10,11)12/h2-4,13H2,1H3,(H,14,16)(H,15,17). The number of hydrogen-bond donors (Lipinski definition) is 3. The molecule has 0 unspecified atom stereocenters. The van der Waals surface area contributed by atoms with Crippen LogP contribution in [0.2, 0.25) is 0 Å². The van der Waals surface area contributed by atoms with Gasteiger partial charge in [0.15, 0.2) is 5.13 Å². The highest BCUT2D eigenvalue weighted by Gasteiger charge is 2.27. The van der Waals surface area contributed by atoms with Crippen LogP contribution in [0.15, 0.2) is 0 Å². The molecule has 0 saturated carbocycles. The molecule has 0 spiro atoms. The first kappa shape index (κ1) is 14.6. The minimum Gasteiger partial charge on any atom is -0.382 e. The Morgan fingerprint density at radius 3 is 2.72 bits per heavy atom. The number of nitrogens with one attached hydrogen (secondary N) is 2. The molecule has 0 radical (unpaired) electrons. The number of nitrogens with two attached hydrogens (primary N) is 1. The second-order valence-corrected chi connectivity index (χ2v) is 4.38. The molecule has 1 aromatic heterocycles. The molecule has 9 heteroatoms. The molecule has 1 aromatic rings. The number of rotatable bonds is 5. The van der Waals surface area contributed by atoms with Crippen molar-refractivity contribution in [2.45, 2.75) is 19.5 Å². The quantitative estimate of drug-likeness (QED) is 0.770. The van der Waals surface area contributed by atoms with Crippen molar-refractivity contribution in [3.8, 4) is 0 Å². The smallest absolute Gasteiger partial charge is 0.382 e. The number of anilines is 2. The molecule has 1 rings (SSSR count). The van der Waals surface area contributed by atoms with Crippen LogP contribution in [-0.2, 0) is 0 Å². The van der Waals surface area contributed by atoms with Crippen molar-refractivity contribution in [1.29, 1.82) is 0 Å². The molecule has 0 saturated heterocycles. The number of aromatic nitrogens is 1. The zero-order valence-corrected chi connectivity index (χ0v) is 10.4. The van der Waals surface area contributed by atoms with Gasteiger partial charge in [-0.15, -0.1) is 0 Å². The molecule has 102 valence electrons. The van der Waals surface area contributed by atoms with Crippen LogP contribution in [0, 0.1) is 0 Å². The highest BCUT2D eigenvalue weighted by atomic mass is 32.1. The van der Waals surface area contributed by atoms with Gasteiger partial charge in [0.1, 0.15) is 10.7 Å². The minimum absolute atomic E-state index is 0.0143. The number of thiazole rings is 1. The molecule has 0 fully saturated rings. The van der Waals surface area contributed by atoms with Gasteiger partial charge in [-0.1, -0.05) is 11.3 Å². The van der Waals surface area contributed by atoms with Crippen LogP contribution >= 0.6 is 11.3 Å². The summed E-state index contributed by atoms with van der Waals surface area (Å²) in [5.41, 5.74) is 5.51. The van der Waals surface area contributed by atoms with E-state index in [1.54, 1.807) is 0 Å². The SMILES string of the molecule is CCNc1nc(N)c(C(=O)NCCC(F)(F)F)s1. The van der Waals surface area contributed by atoms with Crippen molar-refractivity contribution in [1.82, 2.24) is 10.3 Å². The summed E-state index contributed by atoms with van der Waals surface area (Å²) in [6.45, 7) is 1.99. The Balaban J connectivity index is 2.56. The highest BCUT2D eigenvalue weighted by molar-refractivity contribution is 7.18. The van der Waals surface area contributed by atoms with Gasteiger partial charge in [0.2, 0.25) is 0 Å². The van der Waals surface area contributed by atoms with Crippen LogP contribution in [0.1, 0.15) is 23.0 Å². The first-order valence-electron chi connectivity index (χ1n) is 5.18. The van der Waals surface area contributed by atoms with Gasteiger partial charge in [-0.2, -0.15) is 13.2 Å². The molecule has 0 aliphatic heterocycles. The molecule has 0 aromatic carbocycles. The molecule has 5 nitrogen and oxygen atoms in total. The van der Waals surface area contributed by atoms with Crippen LogP contribution in [0.3, 0.4) is 0 Å². The number of carbonyl (C=O) groups excluding carboxylic acids is 1. The highest BCUT2D eigenvalue weighted by Crippen LogP contribution is 2.24. The summed E-state index contributed by atoms with van der Waals surface area (Å²) in [7, 11) is 0. The van der Waals surface area contributed by atoms with Crippen molar-refractivity contribution in [3.05, 3.63) is 4.88 Å². The summed E-state index contributed by atoms with van der Waals surface area (Å²) in [5.74, 6) is -0.626. The van der Waals surface area contributed by atoms with Crippen molar-refractivity contribution < 1.29 is 18.0 Å². The lowest BCUT2D eigenvalue weighted by Crippen LogP contribution is -2.27. The first-order chi connectivity index (χ1) is 8.33. The lowest BCUT2D eigenvalue weighted by molar-refractivity contribution is -0.132. The average molecular weight is 282 g/mol. The Labute approximate surface area is 106 Å². The number of nitrogens with zero attached hydrogens (tertiary/aromatic N) is 1. The van der Waals surface area contributed by atoms with Crippen LogP contribution in [-0.4, -0.2) is 30.2 Å². The van der Waals surface area contributed by atoms with E-state index in [1.807, 2.05) is 6.92 Å². The van der Waals surface area contributed by atoms with Crippen molar-refractivity contribution in [2.75, 3.05) is 24.1 Å². The third kappa shape index (κ3) is 4.40. The molecule has 1 heterocycles. The van der Waals surface area contributed by atoms with Crippen LogP contribution in [0.5, 0.6) is 0 Å². The Kier molecular flexibility index (Phi) is 4.76. The number of nitrogen functional groups attached to an aromatic ring is 1. The van der Waals surface area contributed by atoms with Gasteiger partial charge in [0.25, 0.3) is 5.91 Å². The lowest BCUT2D eigenvalue weighted by atomic mass is 10.4. The minimum atomic E-state index is -4.29. The van der Waals surface area contributed by atoms with Crippen LogP contribution < -0.4 is 16.4 Å². The molecular weight excluding hydrogens is 269 g/mol. The van der Waals surface area contributed by atoms with E-state index in [2.05, 4.69) is 15.6 Å². The van der Waals surface area contributed by atoms with E-state index in [-0.39, 0.29) is 10.7 Å². The third-order valence-electron chi connectivity index (χ3n) is 1.88. The van der Waals surface area contributed by atoms with E-state index in [0.29, 0.717) is 11.7 Å². The summed E-state index contributed by atoms with van der Waals surface area (Å²) in [6, 6.07) is 0. The van der Waals surface area contributed by atoms with Gasteiger partial charge < -0.3 is 16.4 Å². The van der Waals surface area contributed by atoms with Gasteiger partial charge in [-0.3, -0.25) is 4.79 Å². The Bertz CT molecular complexity index is 418. The summed E-state index contributed by atoms with van der Waals surface area (Å²) in [6.07, 6.45) is -5.36. The number of carbonyl (C=O) groups is 1. The fraction of sp³-hybridized carbons (Fsp3) is 0.556. The van der Waals surface area contributed by atoms with E-state index in [4.69, 9.17) is 5.73 Å². The Morgan fingerprint density at radius 1 is 1.50 bits per heavy atom. The maximum atomic E-state index is 11.9. The van der Waals surface area contributed by atoms with E-state index in [1.165, 1.54) is 0 Å². The molecule has 0 bridgehead atoms. The molecule has 0 atom stereocenters. The van der Waals surface area contributed by atoms with Gasteiger partial charge in [0.05, 0.1) is 6.42 Å². The summed E-state index contributed by atoms with van der Waals surface area (Å²) < 4.78 is 35.7. The van der Waals surface area contributed by atoms with Gasteiger partial charge in [-0.05, 0) is 6.92 Å². The second-order valence-electron chi connectivity index (χ2n) is 3.38. The zero-order valence-electron chi connectivity index (χ0n) is 9.60. The molecule has 0 aliphatic carbocycles. The normalized spacial score (nSPS) is 11.3. The van der Waals surface area contributed by atoms with Crippen molar-refractivity contribution >= 4 is 28.2 Å². The lowest BCUT2D eigenvalue weighted by Gasteiger charge is -2.06. The number of amides is 1. The molecule has 0 aliphatic rings. The zero-order chi connectivity index (χ0) is 13.8. The van der Waals surface area contributed by atoms with Crippen molar-refractivity contribution in [3.63, 3.8) is 0 Å². The van der Waals surface area contributed by atoms with Gasteiger partial charge in [0, 0.05) is 13.1 Å². The average Bonchev–Trinajstić information content (AvgIpc) is 2.58. The third-order valence-corrected chi connectivity index (χ3v) is 2.91. The second kappa shape index (κ2) is 5.89. The monoisotopic (exact) mass is 282 g/mol. The predicted octanol–water partition coefficient (Wildman–Crippen LogP) is 1.84. The van der Waals surface area contributed by atoms with Gasteiger partial charge in [-0.25, -0.2) is 4.98 Å². The van der Waals surface area contributed by atoms with E-state index >= 15 is 0 Å². The van der Waals surface area contributed by atoms with E-state index in [9.17, 15) is 18.0 Å². The number of hydrogen-bond acceptors (Lipinski definition) is 5. The Morgan fingerprint density at radius 2 is 2.17 bits per heavy atom. The first-order valence-corrected chi connectivity index (χ1v) is 6.00. The largest absolute Gasteiger partial charge is 0.390 e. The molecule has 18 heavy (non-hydrogen) atoms. The van der Waals surface area contributed by atoms with Crippen LogP contribution in [0.4, 0.5) is 24.1 Å². The summed E-state index contributed by atoms with van der Waals surface area (Å²) in [4.78, 5) is 15.6. The predicted molar refractivity (Wildman–Crippen MR) is 63.7 cm³/mol. The maximum Gasteiger partial charge on any atom is 0.390 e. The van der Waals surface area contributed by atoms with Gasteiger partial charge >= 0.3 is 6.18 Å². The van der Waals surface area contributed by atoms with E-state index < -0.39 is 25.0 Å². The molecular formula is C9H13F3N4OS. The van der Waals surface area contributed by atoms with Crippen LogP contribution in [0.25, 0.3) is 0 Å². The van der Waals surface area contributed by atoms with E-state index in [0.717, 1.165) is 11.3 Å². The molecule has 4 N–H and O–H groups in total. The number of alkyl halides is 3. The summed E-state index contributed by atoms with van der Waals surface area (Å²) >= 11 is 1.01. The number of halogens is 3. The molecule has 1 amide bonds. The maximum absolute atomic E-state index is 11.9. The fourth-order valence-corrected chi connectivity index (χ4v) is 1.99. The van der Waals surface area contributed by atoms with Crippen molar-refractivity contribution in [2.24, 2.45) is 0 Å². The summed E-state index contributed by atoms with van der Waals surface area (Å²) in [5, 5.41) is 5.50.